The Kier molecular flexibility index (Phi) is 3.68. The van der Waals surface area contributed by atoms with E-state index in [0.717, 1.165) is 6.54 Å². The van der Waals surface area contributed by atoms with Gasteiger partial charge in [-0.25, -0.2) is 4.39 Å². The first-order valence-corrected chi connectivity index (χ1v) is 6.47. The highest BCUT2D eigenvalue weighted by Crippen LogP contribution is 2.51. The summed E-state index contributed by atoms with van der Waals surface area (Å²) in [5.41, 5.74) is 1.51. The van der Waals surface area contributed by atoms with Gasteiger partial charge in [0.25, 0.3) is 0 Å². The SMILES string of the molecule is CC(C)C1(CNCc2cc(C#N)ccc2F)CC1. The first kappa shape index (κ1) is 13.0. The molecule has 1 aromatic rings. The van der Waals surface area contributed by atoms with Crippen molar-refractivity contribution in [1.29, 1.82) is 5.26 Å². The van der Waals surface area contributed by atoms with E-state index in [4.69, 9.17) is 5.26 Å². The molecule has 96 valence electrons. The zero-order valence-corrected chi connectivity index (χ0v) is 11.0. The van der Waals surface area contributed by atoms with Crippen LogP contribution in [0.3, 0.4) is 0 Å². The third-order valence-corrected chi connectivity index (χ3v) is 4.08. The summed E-state index contributed by atoms with van der Waals surface area (Å²) in [5, 5.41) is 12.1. The van der Waals surface area contributed by atoms with E-state index in [1.54, 1.807) is 6.07 Å². The van der Waals surface area contributed by atoms with E-state index in [9.17, 15) is 4.39 Å². The van der Waals surface area contributed by atoms with Crippen molar-refractivity contribution in [2.45, 2.75) is 33.2 Å². The molecular weight excluding hydrogens is 227 g/mol. The largest absolute Gasteiger partial charge is 0.312 e. The predicted octanol–water partition coefficient (Wildman–Crippen LogP) is 3.22. The average molecular weight is 246 g/mol. The second kappa shape index (κ2) is 5.07. The molecule has 18 heavy (non-hydrogen) atoms. The van der Waals surface area contributed by atoms with Gasteiger partial charge in [-0.05, 0) is 42.4 Å². The van der Waals surface area contributed by atoms with Crippen LogP contribution < -0.4 is 5.32 Å². The van der Waals surface area contributed by atoms with E-state index >= 15 is 0 Å². The molecule has 1 aromatic carbocycles. The number of hydrogen-bond acceptors (Lipinski definition) is 2. The van der Waals surface area contributed by atoms with Crippen LogP contribution in [0.4, 0.5) is 4.39 Å². The second-order valence-electron chi connectivity index (χ2n) is 5.54. The van der Waals surface area contributed by atoms with Crippen LogP contribution in [-0.4, -0.2) is 6.54 Å². The van der Waals surface area contributed by atoms with E-state index in [2.05, 4.69) is 19.2 Å². The Morgan fingerprint density at radius 3 is 2.72 bits per heavy atom. The van der Waals surface area contributed by atoms with Crippen molar-refractivity contribution in [3.05, 3.63) is 35.1 Å². The Balaban J connectivity index is 1.93. The number of benzene rings is 1. The van der Waals surface area contributed by atoms with Crippen molar-refractivity contribution in [3.63, 3.8) is 0 Å². The topological polar surface area (TPSA) is 35.8 Å². The zero-order valence-electron chi connectivity index (χ0n) is 11.0. The molecule has 2 rings (SSSR count). The van der Waals surface area contributed by atoms with Crippen LogP contribution in [0, 0.1) is 28.5 Å². The summed E-state index contributed by atoms with van der Waals surface area (Å²) in [6, 6.07) is 6.53. The summed E-state index contributed by atoms with van der Waals surface area (Å²) < 4.78 is 13.6. The molecule has 0 saturated heterocycles. The van der Waals surface area contributed by atoms with Gasteiger partial charge in [0.1, 0.15) is 5.82 Å². The van der Waals surface area contributed by atoms with Gasteiger partial charge in [-0.15, -0.1) is 0 Å². The molecule has 0 unspecified atom stereocenters. The van der Waals surface area contributed by atoms with E-state index < -0.39 is 0 Å². The van der Waals surface area contributed by atoms with Crippen LogP contribution >= 0.6 is 0 Å². The van der Waals surface area contributed by atoms with Gasteiger partial charge >= 0.3 is 0 Å². The molecule has 0 heterocycles. The highest BCUT2D eigenvalue weighted by atomic mass is 19.1. The molecule has 0 aliphatic heterocycles. The Bertz CT molecular complexity index is 470. The number of nitrogens with one attached hydrogen (secondary N) is 1. The quantitative estimate of drug-likeness (QED) is 0.865. The van der Waals surface area contributed by atoms with Crippen molar-refractivity contribution in [2.24, 2.45) is 11.3 Å². The lowest BCUT2D eigenvalue weighted by atomic mass is 9.92. The van der Waals surface area contributed by atoms with E-state index in [1.807, 2.05) is 6.07 Å². The zero-order chi connectivity index (χ0) is 13.2. The van der Waals surface area contributed by atoms with Crippen molar-refractivity contribution in [2.75, 3.05) is 6.54 Å². The third-order valence-electron chi connectivity index (χ3n) is 4.08. The van der Waals surface area contributed by atoms with Crippen molar-refractivity contribution < 1.29 is 4.39 Å². The summed E-state index contributed by atoms with van der Waals surface area (Å²) in [4.78, 5) is 0. The summed E-state index contributed by atoms with van der Waals surface area (Å²) in [6.45, 7) is 5.91. The molecular formula is C15H19FN2. The molecule has 0 bridgehead atoms. The molecule has 2 nitrogen and oxygen atoms in total. The number of hydrogen-bond donors (Lipinski definition) is 1. The normalized spacial score (nSPS) is 16.6. The lowest BCUT2D eigenvalue weighted by Crippen LogP contribution is -2.27. The van der Waals surface area contributed by atoms with Gasteiger partial charge in [0, 0.05) is 18.7 Å². The van der Waals surface area contributed by atoms with Crippen LogP contribution in [-0.2, 0) is 6.54 Å². The van der Waals surface area contributed by atoms with Crippen molar-refractivity contribution in [1.82, 2.24) is 5.32 Å². The van der Waals surface area contributed by atoms with Gasteiger partial charge in [-0.3, -0.25) is 0 Å². The van der Waals surface area contributed by atoms with E-state index in [1.165, 1.54) is 25.0 Å². The highest BCUT2D eigenvalue weighted by molar-refractivity contribution is 5.33. The maximum Gasteiger partial charge on any atom is 0.127 e. The Morgan fingerprint density at radius 2 is 2.17 bits per heavy atom. The van der Waals surface area contributed by atoms with E-state index in [0.29, 0.717) is 29.0 Å². The molecule has 1 fully saturated rings. The first-order valence-electron chi connectivity index (χ1n) is 6.47. The molecule has 0 radical (unpaired) electrons. The Hall–Kier alpha value is -1.40. The molecule has 1 saturated carbocycles. The number of halogens is 1. The van der Waals surface area contributed by atoms with Crippen molar-refractivity contribution >= 4 is 0 Å². The smallest absolute Gasteiger partial charge is 0.127 e. The number of nitrogens with zero attached hydrogens (tertiary/aromatic N) is 1. The van der Waals surface area contributed by atoms with Crippen LogP contribution in [0.25, 0.3) is 0 Å². The lowest BCUT2D eigenvalue weighted by Gasteiger charge is -2.20. The predicted molar refractivity (Wildman–Crippen MR) is 69.3 cm³/mol. The molecule has 0 amide bonds. The second-order valence-corrected chi connectivity index (χ2v) is 5.54. The van der Waals surface area contributed by atoms with Crippen LogP contribution in [0.2, 0.25) is 0 Å². The molecule has 0 aromatic heterocycles. The molecule has 1 aliphatic carbocycles. The molecule has 3 heteroatoms. The minimum atomic E-state index is -0.240. The Labute approximate surface area is 108 Å². The summed E-state index contributed by atoms with van der Waals surface area (Å²) in [7, 11) is 0. The van der Waals surface area contributed by atoms with Gasteiger partial charge in [-0.1, -0.05) is 13.8 Å². The first-order chi connectivity index (χ1) is 8.57. The molecule has 1 N–H and O–H groups in total. The van der Waals surface area contributed by atoms with Crippen LogP contribution in [0.5, 0.6) is 0 Å². The van der Waals surface area contributed by atoms with Gasteiger partial charge in [0.05, 0.1) is 11.6 Å². The fourth-order valence-corrected chi connectivity index (χ4v) is 2.34. The summed E-state index contributed by atoms with van der Waals surface area (Å²) in [6.07, 6.45) is 2.52. The third kappa shape index (κ3) is 2.70. The van der Waals surface area contributed by atoms with Crippen molar-refractivity contribution in [3.8, 4) is 6.07 Å². The van der Waals surface area contributed by atoms with E-state index in [-0.39, 0.29) is 5.82 Å². The fourth-order valence-electron chi connectivity index (χ4n) is 2.34. The summed E-state index contributed by atoms with van der Waals surface area (Å²) >= 11 is 0. The monoisotopic (exact) mass is 246 g/mol. The molecule has 1 aliphatic rings. The van der Waals surface area contributed by atoms with Gasteiger partial charge in [0.15, 0.2) is 0 Å². The maximum atomic E-state index is 13.6. The lowest BCUT2D eigenvalue weighted by molar-refractivity contribution is 0.337. The number of nitriles is 1. The molecule has 0 spiro atoms. The fraction of sp³-hybridized carbons (Fsp3) is 0.533. The number of rotatable bonds is 5. The van der Waals surface area contributed by atoms with Gasteiger partial charge in [-0.2, -0.15) is 5.26 Å². The standard InChI is InChI=1S/C15H19FN2/c1-11(2)15(5-6-15)10-18-9-13-7-12(8-17)3-4-14(13)16/h3-4,7,11,18H,5-6,9-10H2,1-2H3. The minimum absolute atomic E-state index is 0.240. The average Bonchev–Trinajstić information content (AvgIpc) is 3.13. The Morgan fingerprint density at radius 1 is 1.44 bits per heavy atom. The minimum Gasteiger partial charge on any atom is -0.312 e. The van der Waals surface area contributed by atoms with Crippen LogP contribution in [0.15, 0.2) is 18.2 Å². The maximum absolute atomic E-state index is 13.6. The summed E-state index contributed by atoms with van der Waals surface area (Å²) in [5.74, 6) is 0.427. The highest BCUT2D eigenvalue weighted by Gasteiger charge is 2.44. The van der Waals surface area contributed by atoms with Gasteiger partial charge in [0.2, 0.25) is 0 Å². The van der Waals surface area contributed by atoms with Gasteiger partial charge < -0.3 is 5.32 Å². The molecule has 0 atom stereocenters. The van der Waals surface area contributed by atoms with Crippen LogP contribution in [0.1, 0.15) is 37.8 Å².